The van der Waals surface area contributed by atoms with Gasteiger partial charge in [-0.3, -0.25) is 4.79 Å². The number of carbonyl (C=O) groups excluding carboxylic acids is 1. The van der Waals surface area contributed by atoms with Crippen molar-refractivity contribution in [3.63, 3.8) is 0 Å². The maximum Gasteiger partial charge on any atom is 0.209 e. The molecule has 0 atom stereocenters. The molecule has 4 nitrogen and oxygen atoms in total. The van der Waals surface area contributed by atoms with Crippen LogP contribution in [0.25, 0.3) is 6.08 Å². The minimum atomic E-state index is -0.243. The van der Waals surface area contributed by atoms with Crippen LogP contribution >= 0.6 is 22.9 Å². The maximum absolute atomic E-state index is 13.2. The molecule has 0 radical (unpaired) electrons. The monoisotopic (exact) mass is 389 g/mol. The Morgan fingerprint density at radius 3 is 2.48 bits per heavy atom. The highest BCUT2D eigenvalue weighted by Gasteiger charge is 2.23. The molecule has 2 aromatic rings. The van der Waals surface area contributed by atoms with E-state index in [0.29, 0.717) is 22.0 Å². The molecule has 1 aliphatic rings. The van der Waals surface area contributed by atoms with Gasteiger partial charge in [0.05, 0.1) is 11.4 Å². The molecule has 0 spiro atoms. The molecule has 3 rings (SSSR count). The van der Waals surface area contributed by atoms with Crippen molar-refractivity contribution >= 4 is 34.8 Å². The Morgan fingerprint density at radius 2 is 1.85 bits per heavy atom. The van der Waals surface area contributed by atoms with Gasteiger partial charge < -0.3 is 4.90 Å². The van der Waals surface area contributed by atoms with E-state index in [-0.39, 0.29) is 11.4 Å². The van der Waals surface area contributed by atoms with Gasteiger partial charge >= 0.3 is 0 Å². The SMILES string of the molecule is N#CC(C#N)=C1C=CC=CN1/C(=C/c1cccs1)C(=O)c1ccc(Cl)cc1. The predicted octanol–water partition coefficient (Wildman–Crippen LogP) is 5.31. The van der Waals surface area contributed by atoms with Crippen LogP contribution in [0.15, 0.2) is 83.2 Å². The minimum Gasteiger partial charge on any atom is -0.312 e. The van der Waals surface area contributed by atoms with E-state index in [1.807, 2.05) is 29.7 Å². The molecule has 130 valence electrons. The number of nitriles is 2. The van der Waals surface area contributed by atoms with E-state index in [9.17, 15) is 15.3 Å². The second-order valence-electron chi connectivity index (χ2n) is 5.44. The lowest BCUT2D eigenvalue weighted by Crippen LogP contribution is -2.24. The summed E-state index contributed by atoms with van der Waals surface area (Å²) in [6.07, 6.45) is 8.51. The summed E-state index contributed by atoms with van der Waals surface area (Å²) in [5.41, 5.74) is 1.07. The van der Waals surface area contributed by atoms with E-state index in [4.69, 9.17) is 11.6 Å². The zero-order chi connectivity index (χ0) is 19.2. The van der Waals surface area contributed by atoms with Gasteiger partial charge in [-0.1, -0.05) is 23.7 Å². The Kier molecular flexibility index (Phi) is 5.68. The number of ketones is 1. The Bertz CT molecular complexity index is 1050. The van der Waals surface area contributed by atoms with E-state index in [2.05, 4.69) is 0 Å². The fourth-order valence-electron chi connectivity index (χ4n) is 2.50. The fourth-order valence-corrected chi connectivity index (χ4v) is 3.28. The number of carbonyl (C=O) groups is 1. The predicted molar refractivity (Wildman–Crippen MR) is 106 cm³/mol. The minimum absolute atomic E-state index is 0.0726. The van der Waals surface area contributed by atoms with E-state index in [1.54, 1.807) is 59.7 Å². The van der Waals surface area contributed by atoms with Crippen LogP contribution < -0.4 is 0 Å². The average molecular weight is 390 g/mol. The first kappa shape index (κ1) is 18.4. The topological polar surface area (TPSA) is 67.9 Å². The normalized spacial score (nSPS) is 13.2. The molecular weight excluding hydrogens is 378 g/mol. The third-order valence-corrected chi connectivity index (χ3v) is 4.83. The van der Waals surface area contributed by atoms with Crippen molar-refractivity contribution in [3.8, 4) is 12.1 Å². The highest BCUT2D eigenvalue weighted by Crippen LogP contribution is 2.27. The van der Waals surface area contributed by atoms with Crippen LogP contribution in [-0.4, -0.2) is 10.7 Å². The molecule has 0 unspecified atom stereocenters. The summed E-state index contributed by atoms with van der Waals surface area (Å²) >= 11 is 7.41. The molecule has 2 heterocycles. The summed E-state index contributed by atoms with van der Waals surface area (Å²) in [4.78, 5) is 15.7. The first-order chi connectivity index (χ1) is 13.1. The Morgan fingerprint density at radius 1 is 1.11 bits per heavy atom. The number of nitrogens with zero attached hydrogens (tertiary/aromatic N) is 3. The summed E-state index contributed by atoms with van der Waals surface area (Å²) in [6, 6.07) is 14.2. The number of Topliss-reactive ketones (excluding diaryl/α,β-unsaturated/α-hetero) is 1. The average Bonchev–Trinajstić information content (AvgIpc) is 3.21. The van der Waals surface area contributed by atoms with Crippen molar-refractivity contribution in [2.24, 2.45) is 0 Å². The maximum atomic E-state index is 13.2. The van der Waals surface area contributed by atoms with Crippen molar-refractivity contribution in [1.82, 2.24) is 4.90 Å². The van der Waals surface area contributed by atoms with Crippen molar-refractivity contribution in [1.29, 1.82) is 10.5 Å². The van der Waals surface area contributed by atoms with Gasteiger partial charge in [-0.2, -0.15) is 10.5 Å². The van der Waals surface area contributed by atoms with Gasteiger partial charge in [-0.05, 0) is 53.9 Å². The van der Waals surface area contributed by atoms with E-state index in [1.165, 1.54) is 11.3 Å². The molecular formula is C21H12ClN3OS. The Labute approximate surface area is 165 Å². The van der Waals surface area contributed by atoms with Gasteiger partial charge in [0, 0.05) is 21.7 Å². The van der Waals surface area contributed by atoms with Crippen molar-refractivity contribution in [2.75, 3.05) is 0 Å². The second kappa shape index (κ2) is 8.33. The molecule has 0 N–H and O–H groups in total. The van der Waals surface area contributed by atoms with Crippen molar-refractivity contribution in [2.45, 2.75) is 0 Å². The highest BCUT2D eigenvalue weighted by molar-refractivity contribution is 7.10. The van der Waals surface area contributed by atoms with Crippen LogP contribution in [0.1, 0.15) is 15.2 Å². The first-order valence-corrected chi connectivity index (χ1v) is 9.14. The summed E-state index contributed by atoms with van der Waals surface area (Å²) < 4.78 is 0. The summed E-state index contributed by atoms with van der Waals surface area (Å²) in [5.74, 6) is -0.243. The molecule has 1 aliphatic heterocycles. The summed E-state index contributed by atoms with van der Waals surface area (Å²) in [7, 11) is 0. The number of allylic oxidation sites excluding steroid dienone is 5. The zero-order valence-corrected chi connectivity index (χ0v) is 15.5. The second-order valence-corrected chi connectivity index (χ2v) is 6.85. The Balaban J connectivity index is 2.15. The van der Waals surface area contributed by atoms with Crippen LogP contribution in [0.5, 0.6) is 0 Å². The molecule has 1 aromatic carbocycles. The fraction of sp³-hybridized carbons (Fsp3) is 0. The largest absolute Gasteiger partial charge is 0.312 e. The molecule has 0 bridgehead atoms. The van der Waals surface area contributed by atoms with Crippen LogP contribution in [0.3, 0.4) is 0 Å². The molecule has 1 aromatic heterocycles. The number of thiophene rings is 1. The molecule has 6 heteroatoms. The third-order valence-electron chi connectivity index (χ3n) is 3.76. The molecule has 0 fully saturated rings. The van der Waals surface area contributed by atoms with Crippen molar-refractivity contribution in [3.05, 3.63) is 98.6 Å². The lowest BCUT2D eigenvalue weighted by atomic mass is 10.0. The lowest BCUT2D eigenvalue weighted by Gasteiger charge is -2.26. The molecule has 0 amide bonds. The highest BCUT2D eigenvalue weighted by atomic mass is 35.5. The number of benzene rings is 1. The van der Waals surface area contributed by atoms with Gasteiger partial charge in [0.2, 0.25) is 5.78 Å². The standard InChI is InChI=1S/C21H12ClN3OS/c22-17-8-6-15(7-9-17)21(26)20(12-18-4-3-11-27-18)25-10-2-1-5-19(25)16(13-23)14-24/h1-12H/b20-12+. The quantitative estimate of drug-likeness (QED) is 0.403. The first-order valence-electron chi connectivity index (χ1n) is 7.88. The van der Waals surface area contributed by atoms with Crippen molar-refractivity contribution < 1.29 is 4.79 Å². The number of hydrogen-bond donors (Lipinski definition) is 0. The summed E-state index contributed by atoms with van der Waals surface area (Å²) in [6.45, 7) is 0. The molecule has 0 saturated carbocycles. The number of halogens is 1. The number of hydrogen-bond acceptors (Lipinski definition) is 5. The molecule has 0 aliphatic carbocycles. The van der Waals surface area contributed by atoms with E-state index < -0.39 is 0 Å². The molecule has 0 saturated heterocycles. The lowest BCUT2D eigenvalue weighted by molar-refractivity contribution is 0.101. The van der Waals surface area contributed by atoms with Crippen LogP contribution in [0, 0.1) is 22.7 Å². The van der Waals surface area contributed by atoms with Gasteiger partial charge in [0.1, 0.15) is 12.1 Å². The van der Waals surface area contributed by atoms with Crippen LogP contribution in [0.2, 0.25) is 5.02 Å². The summed E-state index contributed by atoms with van der Waals surface area (Å²) in [5, 5.41) is 21.0. The Hall–Kier alpha value is -3.38. The molecule has 27 heavy (non-hydrogen) atoms. The smallest absolute Gasteiger partial charge is 0.209 e. The zero-order valence-electron chi connectivity index (χ0n) is 14.0. The third kappa shape index (κ3) is 4.07. The number of rotatable bonds is 4. The van der Waals surface area contributed by atoms with Crippen LogP contribution in [-0.2, 0) is 0 Å². The van der Waals surface area contributed by atoms with E-state index >= 15 is 0 Å². The van der Waals surface area contributed by atoms with Crippen LogP contribution in [0.4, 0.5) is 0 Å². The van der Waals surface area contributed by atoms with Gasteiger partial charge in [0.25, 0.3) is 0 Å². The van der Waals surface area contributed by atoms with Gasteiger partial charge in [0.15, 0.2) is 5.57 Å². The van der Waals surface area contributed by atoms with Gasteiger partial charge in [-0.15, -0.1) is 11.3 Å². The van der Waals surface area contributed by atoms with E-state index in [0.717, 1.165) is 4.88 Å². The van der Waals surface area contributed by atoms with Gasteiger partial charge in [-0.25, -0.2) is 0 Å².